The van der Waals surface area contributed by atoms with Gasteiger partial charge in [-0.25, -0.2) is 0 Å². The van der Waals surface area contributed by atoms with E-state index in [1.165, 1.54) is 26.2 Å². The van der Waals surface area contributed by atoms with E-state index in [2.05, 4.69) is 44.8 Å². The predicted molar refractivity (Wildman–Crippen MR) is 136 cm³/mol. The third kappa shape index (κ3) is 29.2. The quantitative estimate of drug-likeness (QED) is 0.268. The summed E-state index contributed by atoms with van der Waals surface area (Å²) in [6.07, 6.45) is 9.89. The first kappa shape index (κ1) is 32.6. The molecule has 0 aliphatic heterocycles. The van der Waals surface area contributed by atoms with Crippen LogP contribution in [0.25, 0.3) is 0 Å². The van der Waals surface area contributed by atoms with Crippen LogP contribution >= 0.6 is 37.9 Å². The van der Waals surface area contributed by atoms with Gasteiger partial charge >= 0.3 is 0 Å². The van der Waals surface area contributed by atoms with E-state index in [1.54, 1.807) is 13.2 Å². The topological polar surface area (TPSA) is 52.2 Å². The summed E-state index contributed by atoms with van der Waals surface area (Å²) in [4.78, 5) is 20.2. The molecule has 0 spiro atoms. The van der Waals surface area contributed by atoms with Gasteiger partial charge in [-0.15, -0.1) is 0 Å². The largest absolute Gasteiger partial charge is 0.468 e. The molecule has 2 aromatic heterocycles. The van der Waals surface area contributed by atoms with Gasteiger partial charge in [0, 0.05) is 38.5 Å². The summed E-state index contributed by atoms with van der Waals surface area (Å²) in [5.74, 6) is 2.96. The van der Waals surface area contributed by atoms with E-state index in [9.17, 15) is 9.59 Å². The molecule has 29 heavy (non-hydrogen) atoms. The zero-order chi connectivity index (χ0) is 22.9. The van der Waals surface area contributed by atoms with Crippen LogP contribution in [-0.4, -0.2) is 27.6 Å². The lowest BCUT2D eigenvalue weighted by Crippen LogP contribution is -2.06. The summed E-state index contributed by atoms with van der Waals surface area (Å²) in [5.41, 5.74) is 0. The molecule has 0 aliphatic carbocycles. The van der Waals surface area contributed by atoms with E-state index in [0.717, 1.165) is 17.3 Å². The molecule has 0 atom stereocenters. The maximum Gasteiger partial charge on any atom is 0.197 e. The highest BCUT2D eigenvalue weighted by atomic mass is 32.1. The van der Waals surface area contributed by atoms with Crippen LogP contribution in [-0.2, 0) is 22.4 Å². The van der Waals surface area contributed by atoms with Crippen molar-refractivity contribution in [2.45, 2.75) is 59.1 Å². The number of rotatable bonds is 6. The molecular formula is C22H39NO3S3. The predicted octanol–water partition coefficient (Wildman–Crippen LogP) is 6.33. The molecule has 0 saturated carbocycles. The molecule has 0 fully saturated rings. The third-order valence-electron chi connectivity index (χ3n) is 2.96. The number of nitrogens with zero attached hydrogens (tertiary/aromatic N) is 1. The number of ketones is 2. The molecule has 0 amide bonds. The molecule has 0 saturated heterocycles. The number of aromatic nitrogens is 1. The first-order chi connectivity index (χ1) is 13.8. The molecular weight excluding hydrogens is 422 g/mol. The van der Waals surface area contributed by atoms with Gasteiger partial charge < -0.3 is 8.98 Å². The van der Waals surface area contributed by atoms with Gasteiger partial charge in [0.05, 0.1) is 6.26 Å². The Morgan fingerprint density at radius 1 is 1.00 bits per heavy atom. The molecule has 7 heteroatoms. The minimum absolute atomic E-state index is 0.292. The van der Waals surface area contributed by atoms with E-state index in [1.807, 2.05) is 55.2 Å². The summed E-state index contributed by atoms with van der Waals surface area (Å²) in [5, 5.41) is 0. The highest BCUT2D eigenvalue weighted by molar-refractivity contribution is 7.80. The monoisotopic (exact) mass is 461 g/mol. The molecule has 2 aromatic rings. The number of carbonyl (C=O) groups is 2. The Morgan fingerprint density at radius 3 is 1.69 bits per heavy atom. The average molecular weight is 462 g/mol. The highest BCUT2D eigenvalue weighted by Crippen LogP contribution is 2.01. The summed E-state index contributed by atoms with van der Waals surface area (Å²) < 4.78 is 6.91. The molecule has 0 radical (unpaired) electrons. The maximum absolute atomic E-state index is 10.2. The molecule has 2 rings (SSSR count). The van der Waals surface area contributed by atoms with Crippen LogP contribution in [0.5, 0.6) is 0 Å². The van der Waals surface area contributed by atoms with Crippen molar-refractivity contribution in [3.63, 3.8) is 0 Å². The fourth-order valence-electron chi connectivity index (χ4n) is 1.43. The molecule has 168 valence electrons. The van der Waals surface area contributed by atoms with Gasteiger partial charge in [-0.3, -0.25) is 9.59 Å². The van der Waals surface area contributed by atoms with Crippen molar-refractivity contribution in [3.05, 3.63) is 48.7 Å². The number of unbranched alkanes of at least 4 members (excludes halogenated alkanes) is 2. The van der Waals surface area contributed by atoms with Gasteiger partial charge in [0.2, 0.25) is 0 Å². The Morgan fingerprint density at radius 2 is 1.55 bits per heavy atom. The molecule has 0 N–H and O–H groups in total. The first-order valence-electron chi connectivity index (χ1n) is 9.79. The van der Waals surface area contributed by atoms with Gasteiger partial charge in [0.15, 0.2) is 11.6 Å². The molecule has 0 aliphatic rings. The van der Waals surface area contributed by atoms with Crippen molar-refractivity contribution in [2.75, 3.05) is 11.5 Å². The van der Waals surface area contributed by atoms with E-state index in [-0.39, 0.29) is 11.6 Å². The summed E-state index contributed by atoms with van der Waals surface area (Å²) in [6.45, 7) is 7.14. The fourth-order valence-corrected chi connectivity index (χ4v) is 1.84. The number of Topliss-reactive ketones (excluding diaryl/α,β-unsaturated/α-hetero) is 2. The molecule has 2 heterocycles. The number of aryl methyl sites for hydroxylation is 1. The molecule has 4 nitrogen and oxygen atoms in total. The smallest absolute Gasteiger partial charge is 0.197 e. The second-order valence-electron chi connectivity index (χ2n) is 5.67. The van der Waals surface area contributed by atoms with Crippen LogP contribution in [0.1, 0.15) is 59.1 Å². The average Bonchev–Trinajstić information content (AvgIpc) is 3.41. The lowest BCUT2D eigenvalue weighted by Gasteiger charge is -1.85. The van der Waals surface area contributed by atoms with Crippen molar-refractivity contribution >= 4 is 49.5 Å². The number of hydrogen-bond donors (Lipinski definition) is 3. The lowest BCUT2D eigenvalue weighted by molar-refractivity contribution is -0.135. The number of hydrogen-bond acceptors (Lipinski definition) is 6. The number of carbonyl (C=O) groups excluding carboxylic acids is 2. The van der Waals surface area contributed by atoms with Crippen molar-refractivity contribution in [2.24, 2.45) is 7.05 Å². The summed E-state index contributed by atoms with van der Waals surface area (Å²) in [6, 6.07) is 7.75. The Hall–Kier alpha value is -1.05. The Balaban J connectivity index is -0.000000298. The van der Waals surface area contributed by atoms with Crippen molar-refractivity contribution in [3.8, 4) is 0 Å². The maximum atomic E-state index is 10.2. The van der Waals surface area contributed by atoms with Crippen LogP contribution in [0.3, 0.4) is 0 Å². The fraction of sp³-hybridized carbons (Fsp3) is 0.545. The van der Waals surface area contributed by atoms with Gasteiger partial charge in [-0.1, -0.05) is 33.6 Å². The van der Waals surface area contributed by atoms with Crippen molar-refractivity contribution in [1.29, 1.82) is 0 Å². The zero-order valence-electron chi connectivity index (χ0n) is 18.5. The van der Waals surface area contributed by atoms with Crippen molar-refractivity contribution < 1.29 is 14.0 Å². The minimum atomic E-state index is -0.345. The lowest BCUT2D eigenvalue weighted by atomic mass is 10.2. The van der Waals surface area contributed by atoms with Crippen LogP contribution in [0.15, 0.2) is 47.3 Å². The standard InChI is InChI=1S/C5H7N.C5H8O2.C5H6OS.C5H12S.C2H6S/c1-6-4-2-3-5-6;1-3-5(7)4(2)6;7-4-5-2-1-3-6-5;1-2-3-4-5-6;1-2-3/h2-5H,1H3;3H2,1-2H3;1-3,7H,4H2;6H,2-5H2,1H3;3H,2H2,1H3. The zero-order valence-corrected chi connectivity index (χ0v) is 21.2. The summed E-state index contributed by atoms with van der Waals surface area (Å²) in [7, 11) is 2.00. The Kier molecular flexibility index (Phi) is 30.3. The van der Waals surface area contributed by atoms with Gasteiger partial charge in [-0.05, 0) is 42.2 Å². The van der Waals surface area contributed by atoms with Crippen LogP contribution < -0.4 is 0 Å². The van der Waals surface area contributed by atoms with E-state index in [4.69, 9.17) is 4.42 Å². The van der Waals surface area contributed by atoms with Gasteiger partial charge in [-0.2, -0.15) is 37.9 Å². The number of furan rings is 1. The van der Waals surface area contributed by atoms with Gasteiger partial charge in [0.25, 0.3) is 0 Å². The normalized spacial score (nSPS) is 8.55. The van der Waals surface area contributed by atoms with Gasteiger partial charge in [0.1, 0.15) is 5.76 Å². The molecule has 0 aromatic carbocycles. The SMILES string of the molecule is CCC(=O)C(C)=O.CCCCCS.CCS.Cn1cccc1.SCc1ccco1. The van der Waals surface area contributed by atoms with E-state index in [0.29, 0.717) is 12.2 Å². The van der Waals surface area contributed by atoms with E-state index < -0.39 is 0 Å². The Labute approximate surface area is 194 Å². The summed E-state index contributed by atoms with van der Waals surface area (Å²) >= 11 is 11.8. The first-order valence-corrected chi connectivity index (χ1v) is 11.7. The highest BCUT2D eigenvalue weighted by Gasteiger charge is 2.00. The second kappa shape index (κ2) is 27.0. The molecule has 0 bridgehead atoms. The second-order valence-corrected chi connectivity index (χ2v) is 7.06. The third-order valence-corrected chi connectivity index (χ3v) is 3.59. The van der Waals surface area contributed by atoms with E-state index >= 15 is 0 Å². The van der Waals surface area contributed by atoms with Crippen LogP contribution in [0.4, 0.5) is 0 Å². The molecule has 0 unspecified atom stereocenters. The number of thiol groups is 3. The minimum Gasteiger partial charge on any atom is -0.468 e. The van der Waals surface area contributed by atoms with Crippen molar-refractivity contribution in [1.82, 2.24) is 4.57 Å². The van der Waals surface area contributed by atoms with Crippen LogP contribution in [0, 0.1) is 0 Å². The van der Waals surface area contributed by atoms with Crippen LogP contribution in [0.2, 0.25) is 0 Å². The Bertz CT molecular complexity index is 552.